The Balaban J connectivity index is 0. The van der Waals surface area contributed by atoms with E-state index in [2.05, 4.69) is 16.1 Å². The first-order valence-corrected chi connectivity index (χ1v) is 0.998. The van der Waals surface area contributed by atoms with Crippen LogP contribution in [0.4, 0.5) is 0 Å². The maximum atomic E-state index is 6.00. The molecule has 0 atom stereocenters. The minimum absolute atomic E-state index is 0. The van der Waals surface area contributed by atoms with Crippen LogP contribution in [0.5, 0.6) is 0 Å². The Bertz CT molecular complexity index is 49.5. The summed E-state index contributed by atoms with van der Waals surface area (Å²) in [5, 5.41) is 5.56. The van der Waals surface area contributed by atoms with Crippen molar-refractivity contribution in [2.75, 3.05) is 0 Å². The van der Waals surface area contributed by atoms with Gasteiger partial charge in [-0.15, -0.1) is 5.11 Å². The van der Waals surface area contributed by atoms with Gasteiger partial charge in [-0.05, 0) is 0 Å². The van der Waals surface area contributed by atoms with Gasteiger partial charge in [-0.1, -0.05) is 0 Å². The van der Waals surface area contributed by atoms with Crippen LogP contribution in [0.15, 0.2) is 10.2 Å². The van der Waals surface area contributed by atoms with E-state index in [1.807, 2.05) is 0 Å². The molecule has 0 heterocycles. The fraction of sp³-hybridized carbons (Fsp3) is 0. The van der Waals surface area contributed by atoms with Crippen LogP contribution in [0.3, 0.4) is 0 Å². The second kappa shape index (κ2) is 8.82. The summed E-state index contributed by atoms with van der Waals surface area (Å²) < 4.78 is 0. The molecule has 0 aliphatic rings. The first-order chi connectivity index (χ1) is 2.41. The van der Waals surface area contributed by atoms with E-state index in [4.69, 9.17) is 5.53 Å². The van der Waals surface area contributed by atoms with Gasteiger partial charge in [0.25, 0.3) is 0 Å². The summed E-state index contributed by atoms with van der Waals surface area (Å²) in [5.41, 5.74) is 6.00. The molecule has 0 saturated heterocycles. The van der Waals surface area contributed by atoms with Crippen molar-refractivity contribution in [3.8, 4) is 0 Å². The Morgan fingerprint density at radius 2 is 2.17 bits per heavy atom. The molecule has 0 bridgehead atoms. The van der Waals surface area contributed by atoms with Crippen LogP contribution in [0.2, 0.25) is 0 Å². The zero-order valence-electron chi connectivity index (χ0n) is 2.55. The van der Waals surface area contributed by atoms with E-state index in [9.17, 15) is 0 Å². The van der Waals surface area contributed by atoms with Gasteiger partial charge in [0.15, 0.2) is 6.34 Å². The van der Waals surface area contributed by atoms with Crippen molar-refractivity contribution in [2.24, 2.45) is 16.1 Å². The molecule has 0 unspecified atom stereocenters. The maximum absolute atomic E-state index is 6.00. The normalized spacial score (nSPS) is 7.33. The predicted molar refractivity (Wildman–Crippen MR) is 25.0 cm³/mol. The summed E-state index contributed by atoms with van der Waals surface area (Å²) in [5.74, 6) is 4.49. The predicted octanol–water partition coefficient (Wildman–Crippen LogP) is -0.729. The van der Waals surface area contributed by atoms with E-state index in [0.29, 0.717) is 0 Å². The molecule has 0 spiro atoms. The van der Waals surface area contributed by atoms with Crippen molar-refractivity contribution in [2.45, 2.75) is 0 Å². The summed E-state index contributed by atoms with van der Waals surface area (Å²) >= 11 is 0. The number of nitrogens with zero attached hydrogens (tertiary/aromatic N) is 2. The first-order valence-electron chi connectivity index (χ1n) is 0.998. The molecule has 0 radical (unpaired) electrons. The molecule has 0 aliphatic carbocycles. The van der Waals surface area contributed by atoms with Crippen molar-refractivity contribution in [3.05, 3.63) is 0 Å². The molecule has 4 nitrogen and oxygen atoms in total. The number of hydrogen-bond acceptors (Lipinski definition) is 3. The fourth-order valence-electron chi connectivity index (χ4n) is 0.0333. The Morgan fingerprint density at radius 3 is 2.17 bits per heavy atom. The van der Waals surface area contributed by atoms with Gasteiger partial charge in [-0.3, -0.25) is 0 Å². The van der Waals surface area contributed by atoms with Crippen molar-refractivity contribution in [1.82, 2.24) is 0 Å². The molecule has 0 aromatic heterocycles. The molecule has 0 fully saturated rings. The minimum atomic E-state index is 0. The molecule has 0 amide bonds. The molecule has 30 valence electrons. The third-order valence-electron chi connectivity index (χ3n) is 0.124. The molecule has 3 N–H and O–H groups in total. The molecule has 0 rings (SSSR count). The zero-order valence-corrected chi connectivity index (χ0v) is 2.55. The average Bonchev–Trinajstić information content (AvgIpc) is 1.41. The number of hydrazone groups is 1. The molecule has 5 heteroatoms. The molecular formula is CH5LiN4. The first kappa shape index (κ1) is 9.18. The Kier molecular flexibility index (Phi) is 13.5. The molecule has 0 aliphatic heterocycles. The third kappa shape index (κ3) is 9.39. The van der Waals surface area contributed by atoms with Crippen LogP contribution in [-0.2, 0) is 0 Å². The summed E-state index contributed by atoms with van der Waals surface area (Å²) in [6.07, 6.45) is 0.944. The Hall–Kier alpha value is -0.333. The van der Waals surface area contributed by atoms with Crippen LogP contribution >= 0.6 is 0 Å². The van der Waals surface area contributed by atoms with Crippen LogP contribution in [0.25, 0.3) is 0 Å². The van der Waals surface area contributed by atoms with Crippen LogP contribution < -0.4 is 5.84 Å². The molecule has 6 heavy (non-hydrogen) atoms. The molecule has 0 aromatic rings. The number of rotatable bonds is 1. The van der Waals surface area contributed by atoms with Crippen molar-refractivity contribution >= 4 is 25.2 Å². The second-order valence-electron chi connectivity index (χ2n) is 0.394. The van der Waals surface area contributed by atoms with Crippen LogP contribution in [0, 0.1) is 5.53 Å². The van der Waals surface area contributed by atoms with Crippen LogP contribution in [-0.4, -0.2) is 25.2 Å². The monoisotopic (exact) mass is 80.1 g/mol. The zero-order chi connectivity index (χ0) is 4.12. The number of nitrogens with two attached hydrogens (primary N) is 1. The summed E-state index contributed by atoms with van der Waals surface area (Å²) in [4.78, 5) is 0. The van der Waals surface area contributed by atoms with Gasteiger partial charge in [0, 0.05) is 0 Å². The third-order valence-corrected chi connectivity index (χ3v) is 0.124. The summed E-state index contributed by atoms with van der Waals surface area (Å²) in [6, 6.07) is 0. The van der Waals surface area contributed by atoms with Gasteiger partial charge in [-0.2, -0.15) is 5.10 Å². The standard InChI is InChI=1S/CH4N4.Li.H/c2-4-1-5-3;;/h1-2H,3H2;;. The topological polar surface area (TPSA) is 74.6 Å². The average molecular weight is 80.0 g/mol. The number of nitrogens with one attached hydrogen (secondary N) is 1. The van der Waals surface area contributed by atoms with Crippen molar-refractivity contribution in [3.63, 3.8) is 0 Å². The summed E-state index contributed by atoms with van der Waals surface area (Å²) in [7, 11) is 0. The number of hydrogen-bond donors (Lipinski definition) is 2. The van der Waals surface area contributed by atoms with Gasteiger partial charge in [0.05, 0.1) is 0 Å². The Labute approximate surface area is 47.5 Å². The van der Waals surface area contributed by atoms with E-state index in [1.54, 1.807) is 0 Å². The van der Waals surface area contributed by atoms with Crippen molar-refractivity contribution in [1.29, 1.82) is 5.53 Å². The van der Waals surface area contributed by atoms with Gasteiger partial charge in [-0.25, -0.2) is 5.53 Å². The van der Waals surface area contributed by atoms with E-state index in [1.165, 1.54) is 0 Å². The van der Waals surface area contributed by atoms with Crippen LogP contribution in [0.1, 0.15) is 0 Å². The SMILES string of the molecule is N=NC=NN.[LiH]. The van der Waals surface area contributed by atoms with E-state index >= 15 is 0 Å². The van der Waals surface area contributed by atoms with Gasteiger partial charge < -0.3 is 5.84 Å². The van der Waals surface area contributed by atoms with E-state index in [0.717, 1.165) is 6.34 Å². The van der Waals surface area contributed by atoms with E-state index in [-0.39, 0.29) is 18.9 Å². The summed E-state index contributed by atoms with van der Waals surface area (Å²) in [6.45, 7) is 0. The molecule has 0 saturated carbocycles. The van der Waals surface area contributed by atoms with Gasteiger partial charge in [0.1, 0.15) is 0 Å². The Morgan fingerprint density at radius 1 is 1.67 bits per heavy atom. The second-order valence-corrected chi connectivity index (χ2v) is 0.394. The molecule has 0 aromatic carbocycles. The van der Waals surface area contributed by atoms with E-state index < -0.39 is 0 Å². The quantitative estimate of drug-likeness (QED) is 0.107. The molecular weight excluding hydrogens is 75.0 g/mol. The van der Waals surface area contributed by atoms with Crippen molar-refractivity contribution < 1.29 is 0 Å². The van der Waals surface area contributed by atoms with Gasteiger partial charge in [0.2, 0.25) is 0 Å². The fourth-order valence-corrected chi connectivity index (χ4v) is 0.0333. The van der Waals surface area contributed by atoms with Gasteiger partial charge >= 0.3 is 18.9 Å².